The van der Waals surface area contributed by atoms with E-state index in [1.807, 2.05) is 13.8 Å². The summed E-state index contributed by atoms with van der Waals surface area (Å²) in [6, 6.07) is 10.2. The van der Waals surface area contributed by atoms with E-state index >= 15 is 0 Å². The third kappa shape index (κ3) is 5.03. The minimum absolute atomic E-state index is 0.296. The highest BCUT2D eigenvalue weighted by atomic mass is 79.9. The molecule has 0 saturated carbocycles. The lowest BCUT2D eigenvalue weighted by molar-refractivity contribution is -0.137. The third-order valence-electron chi connectivity index (χ3n) is 4.87. The smallest absolute Gasteiger partial charge is 0.439 e. The lowest BCUT2D eigenvalue weighted by Gasteiger charge is -2.17. The van der Waals surface area contributed by atoms with Crippen molar-refractivity contribution in [3.8, 4) is 27.7 Å². The van der Waals surface area contributed by atoms with E-state index in [4.69, 9.17) is 4.74 Å². The predicted octanol–water partition coefficient (Wildman–Crippen LogP) is 6.77. The number of thiazole rings is 1. The molecule has 0 fully saturated rings. The summed E-state index contributed by atoms with van der Waals surface area (Å²) in [5, 5.41) is 4.31. The van der Waals surface area contributed by atoms with Gasteiger partial charge in [0.15, 0.2) is 5.82 Å². The predicted molar refractivity (Wildman–Crippen MR) is 121 cm³/mol. The Labute approximate surface area is 198 Å². The molecule has 4 aromatic rings. The zero-order valence-corrected chi connectivity index (χ0v) is 19.8. The monoisotopic (exact) mass is 539 g/mol. The van der Waals surface area contributed by atoms with Gasteiger partial charge in [-0.1, -0.05) is 24.2 Å². The molecule has 1 unspecified atom stereocenters. The molecule has 4 rings (SSSR count). The fraction of sp³-hybridized carbons (Fsp3) is 0.227. The summed E-state index contributed by atoms with van der Waals surface area (Å²) in [4.78, 5) is 19.1. The second kappa shape index (κ2) is 9.14. The number of benzene rings is 2. The van der Waals surface area contributed by atoms with Gasteiger partial charge in [-0.05, 0) is 59.6 Å². The molecule has 0 saturated heterocycles. The van der Waals surface area contributed by atoms with E-state index in [2.05, 4.69) is 35.6 Å². The van der Waals surface area contributed by atoms with Gasteiger partial charge in [0.1, 0.15) is 16.9 Å². The first-order chi connectivity index (χ1) is 15.7. The maximum atomic E-state index is 12.8. The Morgan fingerprint density at radius 2 is 1.94 bits per heavy atom. The molecule has 2 heterocycles. The van der Waals surface area contributed by atoms with Gasteiger partial charge in [0.25, 0.3) is 0 Å². The maximum absolute atomic E-state index is 12.8. The SMILES string of the molecule is CCC(Oc1ccc(-c2noc(=O)[nH]2)c(Br)c1)c1sc(-c2ccc(C(F)(F)F)cc2)nc1C. The number of aromatic nitrogens is 3. The van der Waals surface area contributed by atoms with Gasteiger partial charge in [-0.15, -0.1) is 11.3 Å². The number of hydrogen-bond donors (Lipinski definition) is 1. The summed E-state index contributed by atoms with van der Waals surface area (Å²) in [6.07, 6.45) is -4.02. The fourth-order valence-electron chi connectivity index (χ4n) is 3.23. The lowest BCUT2D eigenvalue weighted by atomic mass is 10.1. The molecule has 0 aliphatic heterocycles. The normalized spacial score (nSPS) is 12.7. The molecule has 6 nitrogen and oxygen atoms in total. The number of ether oxygens (including phenoxy) is 1. The fourth-order valence-corrected chi connectivity index (χ4v) is 4.96. The Hall–Kier alpha value is -2.92. The van der Waals surface area contributed by atoms with Crippen LogP contribution in [0, 0.1) is 6.92 Å². The molecule has 0 aliphatic carbocycles. The van der Waals surface area contributed by atoms with Crippen molar-refractivity contribution in [1.29, 1.82) is 0 Å². The number of aromatic amines is 1. The first-order valence-electron chi connectivity index (χ1n) is 9.83. The number of alkyl halides is 3. The first-order valence-corrected chi connectivity index (χ1v) is 11.4. The van der Waals surface area contributed by atoms with Crippen molar-refractivity contribution in [2.24, 2.45) is 0 Å². The molecular weight excluding hydrogens is 523 g/mol. The second-order valence-corrected chi connectivity index (χ2v) is 9.03. The highest BCUT2D eigenvalue weighted by Gasteiger charge is 2.30. The Morgan fingerprint density at radius 1 is 1.21 bits per heavy atom. The van der Waals surface area contributed by atoms with Crippen LogP contribution in [-0.4, -0.2) is 15.1 Å². The van der Waals surface area contributed by atoms with Crippen LogP contribution in [-0.2, 0) is 6.18 Å². The second-order valence-electron chi connectivity index (χ2n) is 7.14. The van der Waals surface area contributed by atoms with Crippen LogP contribution in [0.1, 0.15) is 35.6 Å². The first kappa shape index (κ1) is 23.2. The van der Waals surface area contributed by atoms with E-state index in [9.17, 15) is 18.0 Å². The summed E-state index contributed by atoms with van der Waals surface area (Å²) in [7, 11) is 0. The Kier molecular flexibility index (Phi) is 6.44. The number of H-pyrrole nitrogens is 1. The molecular formula is C22H17BrF3N3O3S. The van der Waals surface area contributed by atoms with Crippen molar-refractivity contribution in [2.75, 3.05) is 0 Å². The van der Waals surface area contributed by atoms with Gasteiger partial charge in [-0.2, -0.15) is 13.2 Å². The minimum atomic E-state index is -4.38. The van der Waals surface area contributed by atoms with Crippen molar-refractivity contribution < 1.29 is 22.4 Å². The highest BCUT2D eigenvalue weighted by molar-refractivity contribution is 9.10. The zero-order valence-electron chi connectivity index (χ0n) is 17.4. The molecule has 0 aliphatic rings. The molecule has 2 aromatic heterocycles. The molecule has 0 amide bonds. The molecule has 11 heteroatoms. The van der Waals surface area contributed by atoms with Crippen LogP contribution < -0.4 is 10.5 Å². The maximum Gasteiger partial charge on any atom is 0.439 e. The quantitative estimate of drug-likeness (QED) is 0.292. The third-order valence-corrected chi connectivity index (χ3v) is 6.82. The highest BCUT2D eigenvalue weighted by Crippen LogP contribution is 2.38. The summed E-state index contributed by atoms with van der Waals surface area (Å²) in [5.74, 6) is 0.241. The molecule has 2 aromatic carbocycles. The molecule has 1 atom stereocenters. The average Bonchev–Trinajstić information content (AvgIpc) is 3.37. The summed E-state index contributed by atoms with van der Waals surface area (Å²) in [6.45, 7) is 3.83. The number of halogens is 4. The van der Waals surface area contributed by atoms with E-state index in [1.54, 1.807) is 18.2 Å². The van der Waals surface area contributed by atoms with Crippen LogP contribution in [0.4, 0.5) is 13.2 Å². The number of nitrogens with zero attached hydrogens (tertiary/aromatic N) is 2. The van der Waals surface area contributed by atoms with Gasteiger partial charge in [-0.3, -0.25) is 9.51 Å². The van der Waals surface area contributed by atoms with E-state index in [0.29, 0.717) is 38.6 Å². The van der Waals surface area contributed by atoms with Crippen molar-refractivity contribution in [3.63, 3.8) is 0 Å². The van der Waals surface area contributed by atoms with Gasteiger partial charge < -0.3 is 4.74 Å². The summed E-state index contributed by atoms with van der Waals surface area (Å²) in [5.41, 5.74) is 1.32. The van der Waals surface area contributed by atoms with Crippen molar-refractivity contribution in [2.45, 2.75) is 32.5 Å². The Bertz CT molecular complexity index is 1330. The Morgan fingerprint density at radius 3 is 2.52 bits per heavy atom. The molecule has 1 N–H and O–H groups in total. The van der Waals surface area contributed by atoms with Crippen molar-refractivity contribution >= 4 is 27.3 Å². The van der Waals surface area contributed by atoms with E-state index in [0.717, 1.165) is 22.7 Å². The van der Waals surface area contributed by atoms with Crippen LogP contribution in [0.5, 0.6) is 5.75 Å². The van der Waals surface area contributed by atoms with Crippen LogP contribution in [0.25, 0.3) is 22.0 Å². The number of aryl methyl sites for hydroxylation is 1. The topological polar surface area (TPSA) is 81.0 Å². The minimum Gasteiger partial charge on any atom is -0.485 e. The van der Waals surface area contributed by atoms with Crippen LogP contribution in [0.3, 0.4) is 0 Å². The largest absolute Gasteiger partial charge is 0.485 e. The van der Waals surface area contributed by atoms with Gasteiger partial charge in [0, 0.05) is 15.6 Å². The number of hydrogen-bond acceptors (Lipinski definition) is 6. The number of rotatable bonds is 6. The van der Waals surface area contributed by atoms with Gasteiger partial charge in [0.05, 0.1) is 16.1 Å². The average molecular weight is 540 g/mol. The van der Waals surface area contributed by atoms with Crippen molar-refractivity contribution in [3.05, 3.63) is 73.6 Å². The zero-order chi connectivity index (χ0) is 23.8. The standard InChI is InChI=1S/C22H17BrF3N3O3S/c1-3-17(31-14-8-9-15(16(23)10-14)19-28-21(30)32-29-19)18-11(2)27-20(33-18)12-4-6-13(7-5-12)22(24,25)26/h4-10,17H,3H2,1-2H3,(H,28,29,30). The summed E-state index contributed by atoms with van der Waals surface area (Å²) < 4.78 is 49.9. The lowest BCUT2D eigenvalue weighted by Crippen LogP contribution is -2.06. The molecule has 33 heavy (non-hydrogen) atoms. The van der Waals surface area contributed by atoms with E-state index in [-0.39, 0.29) is 6.10 Å². The molecule has 172 valence electrons. The van der Waals surface area contributed by atoms with Crippen LogP contribution in [0.2, 0.25) is 0 Å². The number of nitrogens with one attached hydrogen (secondary N) is 1. The van der Waals surface area contributed by atoms with Gasteiger partial charge >= 0.3 is 11.9 Å². The molecule has 0 bridgehead atoms. The molecule has 0 radical (unpaired) electrons. The summed E-state index contributed by atoms with van der Waals surface area (Å²) >= 11 is 4.85. The van der Waals surface area contributed by atoms with Crippen LogP contribution in [0.15, 0.2) is 56.3 Å². The van der Waals surface area contributed by atoms with Gasteiger partial charge in [0.2, 0.25) is 0 Å². The molecule has 0 spiro atoms. The van der Waals surface area contributed by atoms with E-state index < -0.39 is 17.5 Å². The Balaban J connectivity index is 1.56. The van der Waals surface area contributed by atoms with Gasteiger partial charge in [-0.25, -0.2) is 9.78 Å². The van der Waals surface area contributed by atoms with E-state index in [1.165, 1.54) is 23.5 Å². The van der Waals surface area contributed by atoms with Crippen LogP contribution >= 0.6 is 27.3 Å². The van der Waals surface area contributed by atoms with Crippen molar-refractivity contribution in [1.82, 2.24) is 15.1 Å².